The minimum absolute atomic E-state index is 0.264. The van der Waals surface area contributed by atoms with Gasteiger partial charge < -0.3 is 10.5 Å². The highest BCUT2D eigenvalue weighted by Gasteiger charge is 2.35. The average Bonchev–Trinajstić information content (AvgIpc) is 2.48. The number of esters is 1. The summed E-state index contributed by atoms with van der Waals surface area (Å²) >= 11 is 0. The van der Waals surface area contributed by atoms with Crippen molar-refractivity contribution in [2.75, 3.05) is 0 Å². The number of benzene rings is 1. The maximum Gasteiger partial charge on any atom is 0.310 e. The predicted molar refractivity (Wildman–Crippen MR) is 102 cm³/mol. The van der Waals surface area contributed by atoms with Gasteiger partial charge in [0.2, 0.25) is 5.91 Å². The van der Waals surface area contributed by atoms with Crippen LogP contribution in [0.25, 0.3) is 6.08 Å². The van der Waals surface area contributed by atoms with E-state index in [9.17, 15) is 9.59 Å². The molecular formula is C21H31NO3. The second-order valence-electron chi connectivity index (χ2n) is 7.83. The summed E-state index contributed by atoms with van der Waals surface area (Å²) < 4.78 is 5.53. The summed E-state index contributed by atoms with van der Waals surface area (Å²) in [4.78, 5) is 24.6. The van der Waals surface area contributed by atoms with Gasteiger partial charge in [-0.15, -0.1) is 0 Å². The third kappa shape index (κ3) is 8.01. The monoisotopic (exact) mass is 345 g/mol. The van der Waals surface area contributed by atoms with Crippen LogP contribution in [0.5, 0.6) is 0 Å². The highest BCUT2D eigenvalue weighted by atomic mass is 16.6. The molecule has 0 radical (unpaired) electrons. The standard InChI is InChI=1S/C21H31NO3/c1-15(2)14-18(19(22)23)17(20(24)25-21(3,4)5)13-9-12-16-10-7-6-8-11-16/h6-12,15,17-18H,13-14H2,1-5H3,(H2,22,23)/b12-9+/t17-,18+/m0/s1. The zero-order chi connectivity index (χ0) is 19.0. The van der Waals surface area contributed by atoms with Crippen LogP contribution in [0, 0.1) is 17.8 Å². The molecule has 0 aromatic heterocycles. The Hall–Kier alpha value is -2.10. The van der Waals surface area contributed by atoms with Crippen molar-refractivity contribution in [1.82, 2.24) is 0 Å². The third-order valence-electron chi connectivity index (χ3n) is 3.79. The highest BCUT2D eigenvalue weighted by molar-refractivity contribution is 5.84. The number of primary amides is 1. The van der Waals surface area contributed by atoms with Crippen molar-refractivity contribution in [2.45, 2.75) is 53.1 Å². The first-order valence-electron chi connectivity index (χ1n) is 8.84. The summed E-state index contributed by atoms with van der Waals surface area (Å²) in [7, 11) is 0. The Bertz CT molecular complexity index is 585. The van der Waals surface area contributed by atoms with Gasteiger partial charge in [0.25, 0.3) is 0 Å². The fourth-order valence-corrected chi connectivity index (χ4v) is 2.70. The van der Waals surface area contributed by atoms with E-state index in [1.165, 1.54) is 0 Å². The molecular weight excluding hydrogens is 314 g/mol. The van der Waals surface area contributed by atoms with Crippen LogP contribution >= 0.6 is 0 Å². The number of ether oxygens (including phenoxy) is 1. The van der Waals surface area contributed by atoms with Gasteiger partial charge in [0.1, 0.15) is 5.60 Å². The zero-order valence-electron chi connectivity index (χ0n) is 16.0. The molecule has 0 aliphatic carbocycles. The van der Waals surface area contributed by atoms with E-state index in [1.54, 1.807) is 0 Å². The van der Waals surface area contributed by atoms with Crippen LogP contribution in [0.15, 0.2) is 36.4 Å². The molecule has 0 saturated carbocycles. The van der Waals surface area contributed by atoms with Gasteiger partial charge >= 0.3 is 5.97 Å². The molecule has 1 aromatic carbocycles. The highest BCUT2D eigenvalue weighted by Crippen LogP contribution is 2.27. The smallest absolute Gasteiger partial charge is 0.310 e. The van der Waals surface area contributed by atoms with Gasteiger partial charge in [-0.25, -0.2) is 0 Å². The van der Waals surface area contributed by atoms with Crippen molar-refractivity contribution in [3.05, 3.63) is 42.0 Å². The molecule has 1 amide bonds. The average molecular weight is 345 g/mol. The number of carbonyl (C=O) groups is 2. The predicted octanol–water partition coefficient (Wildman–Crippen LogP) is 4.20. The number of rotatable bonds is 8. The Morgan fingerprint density at radius 2 is 1.72 bits per heavy atom. The van der Waals surface area contributed by atoms with Gasteiger partial charge in [-0.2, -0.15) is 0 Å². The van der Waals surface area contributed by atoms with Crippen LogP contribution in [-0.4, -0.2) is 17.5 Å². The Balaban J connectivity index is 2.98. The number of carbonyl (C=O) groups excluding carboxylic acids is 2. The first-order chi connectivity index (χ1) is 11.6. The molecule has 0 aliphatic heterocycles. The molecule has 4 nitrogen and oxygen atoms in total. The number of hydrogen-bond donors (Lipinski definition) is 1. The second kappa shape index (κ2) is 9.40. The summed E-state index contributed by atoms with van der Waals surface area (Å²) in [6, 6.07) is 9.83. The lowest BCUT2D eigenvalue weighted by atomic mass is 9.82. The fourth-order valence-electron chi connectivity index (χ4n) is 2.70. The molecule has 2 N–H and O–H groups in total. The van der Waals surface area contributed by atoms with Crippen LogP contribution in [0.3, 0.4) is 0 Å². The lowest BCUT2D eigenvalue weighted by molar-refractivity contribution is -0.163. The van der Waals surface area contributed by atoms with Crippen molar-refractivity contribution in [2.24, 2.45) is 23.5 Å². The molecule has 25 heavy (non-hydrogen) atoms. The van der Waals surface area contributed by atoms with Gasteiger partial charge in [-0.1, -0.05) is 56.3 Å². The van der Waals surface area contributed by atoms with E-state index in [0.29, 0.717) is 12.8 Å². The molecule has 0 spiro atoms. The van der Waals surface area contributed by atoms with Crippen molar-refractivity contribution >= 4 is 18.0 Å². The Kier molecular flexibility index (Phi) is 7.88. The molecule has 4 heteroatoms. The molecule has 1 aromatic rings. The van der Waals surface area contributed by atoms with Crippen molar-refractivity contribution in [3.63, 3.8) is 0 Å². The lowest BCUT2D eigenvalue weighted by Gasteiger charge is -2.28. The second-order valence-corrected chi connectivity index (χ2v) is 7.83. The Morgan fingerprint density at radius 3 is 2.20 bits per heavy atom. The van der Waals surface area contributed by atoms with E-state index >= 15 is 0 Å². The topological polar surface area (TPSA) is 69.4 Å². The van der Waals surface area contributed by atoms with E-state index < -0.39 is 23.3 Å². The maximum absolute atomic E-state index is 12.7. The van der Waals surface area contributed by atoms with Crippen LogP contribution in [0.4, 0.5) is 0 Å². The fraction of sp³-hybridized carbons (Fsp3) is 0.524. The summed E-state index contributed by atoms with van der Waals surface area (Å²) in [6.45, 7) is 9.50. The normalized spacial score (nSPS) is 14.5. The van der Waals surface area contributed by atoms with Crippen molar-refractivity contribution in [1.29, 1.82) is 0 Å². The SMILES string of the molecule is CC(C)C[C@@H](C(N)=O)[C@H](C/C=C/c1ccccc1)C(=O)OC(C)(C)C. The molecule has 0 heterocycles. The molecule has 0 fully saturated rings. The van der Waals surface area contributed by atoms with E-state index in [-0.39, 0.29) is 11.9 Å². The third-order valence-corrected chi connectivity index (χ3v) is 3.79. The van der Waals surface area contributed by atoms with Crippen LogP contribution in [0.1, 0.15) is 53.0 Å². The number of nitrogens with two attached hydrogens (primary N) is 1. The number of amides is 1. The Labute approximate surface area is 151 Å². The largest absolute Gasteiger partial charge is 0.460 e. The quantitative estimate of drug-likeness (QED) is 0.718. The molecule has 1 rings (SSSR count). The van der Waals surface area contributed by atoms with Gasteiger partial charge in [0, 0.05) is 0 Å². The van der Waals surface area contributed by atoms with Gasteiger partial charge in [0.15, 0.2) is 0 Å². The summed E-state index contributed by atoms with van der Waals surface area (Å²) in [5.74, 6) is -1.65. The van der Waals surface area contributed by atoms with E-state index in [2.05, 4.69) is 0 Å². The summed E-state index contributed by atoms with van der Waals surface area (Å²) in [5, 5.41) is 0. The molecule has 0 saturated heterocycles. The van der Waals surface area contributed by atoms with Crippen LogP contribution in [0.2, 0.25) is 0 Å². The minimum atomic E-state index is -0.599. The van der Waals surface area contributed by atoms with Crippen molar-refractivity contribution < 1.29 is 14.3 Å². The van der Waals surface area contributed by atoms with E-state index in [4.69, 9.17) is 10.5 Å². The van der Waals surface area contributed by atoms with Crippen LogP contribution < -0.4 is 5.73 Å². The number of allylic oxidation sites excluding steroid dienone is 1. The van der Waals surface area contributed by atoms with E-state index in [1.807, 2.05) is 77.1 Å². The van der Waals surface area contributed by atoms with Gasteiger partial charge in [-0.3, -0.25) is 9.59 Å². The molecule has 0 unspecified atom stereocenters. The summed E-state index contributed by atoms with van der Waals surface area (Å²) in [6.07, 6.45) is 4.85. The lowest BCUT2D eigenvalue weighted by Crippen LogP contribution is -2.38. The first kappa shape index (κ1) is 20.9. The first-order valence-corrected chi connectivity index (χ1v) is 8.84. The summed E-state index contributed by atoms with van der Waals surface area (Å²) in [5.41, 5.74) is 6.05. The van der Waals surface area contributed by atoms with E-state index in [0.717, 1.165) is 5.56 Å². The van der Waals surface area contributed by atoms with Crippen molar-refractivity contribution in [3.8, 4) is 0 Å². The van der Waals surface area contributed by atoms with Crippen LogP contribution in [-0.2, 0) is 14.3 Å². The minimum Gasteiger partial charge on any atom is -0.460 e. The molecule has 0 bridgehead atoms. The van der Waals surface area contributed by atoms with Gasteiger partial charge in [0.05, 0.1) is 11.8 Å². The molecule has 2 atom stereocenters. The molecule has 0 aliphatic rings. The number of hydrogen-bond acceptors (Lipinski definition) is 3. The maximum atomic E-state index is 12.7. The Morgan fingerprint density at radius 1 is 1.12 bits per heavy atom. The van der Waals surface area contributed by atoms with Gasteiger partial charge in [-0.05, 0) is 45.1 Å². The zero-order valence-corrected chi connectivity index (χ0v) is 16.0. The molecule has 138 valence electrons.